The average molecular weight is 570 g/mol. The van der Waals surface area contributed by atoms with Gasteiger partial charge in [-0.05, 0) is 91.4 Å². The van der Waals surface area contributed by atoms with Crippen molar-refractivity contribution in [3.8, 4) is 5.75 Å². The van der Waals surface area contributed by atoms with Crippen molar-refractivity contribution in [1.29, 1.82) is 0 Å². The number of allylic oxidation sites excluding steroid dienone is 1. The quantitative estimate of drug-likeness (QED) is 0.375. The van der Waals surface area contributed by atoms with Crippen LogP contribution in [0.15, 0.2) is 34.7 Å². The Kier molecular flexibility index (Phi) is 7.38. The van der Waals surface area contributed by atoms with Crippen molar-refractivity contribution in [2.45, 2.75) is 70.7 Å². The summed E-state index contributed by atoms with van der Waals surface area (Å²) in [6.07, 6.45) is 4.46. The number of Topliss-reactive ketones (excluding diaryl/α,β-unsaturated/α-hetero) is 2. The summed E-state index contributed by atoms with van der Waals surface area (Å²) in [5, 5.41) is 33.2. The first-order valence-electron chi connectivity index (χ1n) is 14.6. The van der Waals surface area contributed by atoms with Crippen molar-refractivity contribution in [3.63, 3.8) is 0 Å². The molecule has 4 fully saturated rings. The fourth-order valence-electron chi connectivity index (χ4n) is 9.27. The summed E-state index contributed by atoms with van der Waals surface area (Å²) in [6, 6.07) is 6.92. The molecular formula is C31H39NO7S. The van der Waals surface area contributed by atoms with Crippen LogP contribution in [-0.4, -0.2) is 64.1 Å². The third-order valence-electron chi connectivity index (χ3n) is 10.9. The molecule has 4 N–H and O–H groups in total. The summed E-state index contributed by atoms with van der Waals surface area (Å²) in [4.78, 5) is 39.3. The molecule has 1 saturated heterocycles. The molecule has 2 unspecified atom stereocenters. The Morgan fingerprint density at radius 2 is 1.93 bits per heavy atom. The number of aromatic hydroxyl groups is 1. The normalized spacial score (nSPS) is 38.0. The average Bonchev–Trinajstić information content (AvgIpc) is 3.47. The lowest BCUT2D eigenvalue weighted by atomic mass is 9.46. The number of ketones is 2. The second kappa shape index (κ2) is 10.6. The van der Waals surface area contributed by atoms with Gasteiger partial charge in [-0.1, -0.05) is 19.1 Å². The van der Waals surface area contributed by atoms with Gasteiger partial charge in [0.25, 0.3) is 0 Å². The number of phenolic OH excluding ortho intramolecular Hbond substituents is 1. The summed E-state index contributed by atoms with van der Waals surface area (Å²) in [6.45, 7) is 2.23. The molecule has 8 nitrogen and oxygen atoms in total. The van der Waals surface area contributed by atoms with E-state index in [0.717, 1.165) is 41.7 Å². The van der Waals surface area contributed by atoms with Crippen LogP contribution < -0.4 is 5.32 Å². The van der Waals surface area contributed by atoms with Gasteiger partial charge in [0.1, 0.15) is 12.4 Å². The molecule has 1 aromatic rings. The van der Waals surface area contributed by atoms with Gasteiger partial charge in [-0.15, -0.1) is 11.8 Å². The lowest BCUT2D eigenvalue weighted by Crippen LogP contribution is -2.56. The van der Waals surface area contributed by atoms with Crippen molar-refractivity contribution in [3.05, 3.63) is 40.3 Å². The highest BCUT2D eigenvalue weighted by Gasteiger charge is 2.71. The van der Waals surface area contributed by atoms with Crippen molar-refractivity contribution >= 4 is 29.2 Å². The van der Waals surface area contributed by atoms with E-state index in [9.17, 15) is 29.7 Å². The molecule has 4 aliphatic carbocycles. The minimum Gasteiger partial charge on any atom is -0.508 e. The Hall–Kier alpha value is -2.20. The van der Waals surface area contributed by atoms with Crippen LogP contribution in [0.3, 0.4) is 0 Å². The number of carbonyl (C=O) groups excluding carboxylic acids is 3. The first-order chi connectivity index (χ1) is 19.2. The molecule has 216 valence electrons. The number of carbonyl (C=O) groups is 3. The predicted molar refractivity (Wildman–Crippen MR) is 149 cm³/mol. The van der Waals surface area contributed by atoms with E-state index >= 15 is 0 Å². The molecule has 5 aliphatic rings. The molecule has 1 aromatic carbocycles. The molecule has 0 aromatic heterocycles. The number of hydrogen-bond acceptors (Lipinski definition) is 8. The largest absolute Gasteiger partial charge is 0.508 e. The lowest BCUT2D eigenvalue weighted by molar-refractivity contribution is -0.160. The van der Waals surface area contributed by atoms with E-state index in [2.05, 4.69) is 12.2 Å². The number of nitrogens with one attached hydrogen (secondary N) is 1. The zero-order chi connectivity index (χ0) is 28.2. The first-order valence-corrected chi connectivity index (χ1v) is 15.6. The summed E-state index contributed by atoms with van der Waals surface area (Å²) in [5.74, 6) is 0.457. The van der Waals surface area contributed by atoms with Gasteiger partial charge in [-0.25, -0.2) is 0 Å². The molecule has 6 rings (SSSR count). The Labute approximate surface area is 238 Å². The number of thioether (sulfide) groups is 1. The summed E-state index contributed by atoms with van der Waals surface area (Å²) in [7, 11) is 0. The Bertz CT molecular complexity index is 1230. The Balaban J connectivity index is 1.18. The number of fused-ring (bicyclic) bond motifs is 6. The van der Waals surface area contributed by atoms with Crippen LogP contribution in [0.25, 0.3) is 0 Å². The van der Waals surface area contributed by atoms with Crippen LogP contribution in [0, 0.1) is 34.5 Å². The van der Waals surface area contributed by atoms with E-state index < -0.39 is 18.3 Å². The maximum atomic E-state index is 13.2. The van der Waals surface area contributed by atoms with E-state index in [4.69, 9.17) is 4.74 Å². The monoisotopic (exact) mass is 569 g/mol. The molecule has 1 heterocycles. The van der Waals surface area contributed by atoms with Crippen molar-refractivity contribution in [2.75, 3.05) is 18.9 Å². The predicted octanol–water partition coefficient (Wildman–Crippen LogP) is 3.13. The van der Waals surface area contributed by atoms with Gasteiger partial charge < -0.3 is 25.4 Å². The molecular weight excluding hydrogens is 530 g/mol. The van der Waals surface area contributed by atoms with Crippen molar-refractivity contribution < 1.29 is 34.4 Å². The smallest absolute Gasteiger partial charge is 0.230 e. The number of rotatable bonds is 8. The van der Waals surface area contributed by atoms with Gasteiger partial charge in [0.2, 0.25) is 5.91 Å². The summed E-state index contributed by atoms with van der Waals surface area (Å²) >= 11 is 1.35. The van der Waals surface area contributed by atoms with Crippen molar-refractivity contribution in [2.24, 2.45) is 34.5 Å². The van der Waals surface area contributed by atoms with Gasteiger partial charge in [0, 0.05) is 24.3 Å². The summed E-state index contributed by atoms with van der Waals surface area (Å²) in [5.41, 5.74) is 1.30. The number of aliphatic hydroxyl groups excluding tert-OH is 2. The fourth-order valence-corrected chi connectivity index (χ4v) is 10.4. The maximum absolute atomic E-state index is 13.2. The molecule has 0 radical (unpaired) electrons. The SMILES string of the molecule is C[C@]12CCC(=O)C(SCC(=O)NCCc3ccc(O)cc3)=C1CC[C@H]1[C@@H]3CC[C@H](C(=O)CO)[C@@]34CC(OC4O)[C@@H]12. The maximum Gasteiger partial charge on any atom is 0.230 e. The molecule has 40 heavy (non-hydrogen) atoms. The number of phenols is 1. The van der Waals surface area contributed by atoms with Crippen LogP contribution in [-0.2, 0) is 25.5 Å². The standard InChI is InChI=1S/C31H39NO7S/c1-30-12-10-23(35)28(40-16-26(37)32-13-11-17-2-4-18(34)5-3-17)22(30)7-6-19-20-8-9-21(24(36)15-33)31(20)14-25(27(19)30)39-29(31)38/h2-5,19-21,25,27,29,33-34,38H,6-16H2,1H3,(H,32,37)/t19-,20-,21+,25?,27+,29?,30-,31+/m0/s1. The van der Waals surface area contributed by atoms with E-state index in [1.165, 1.54) is 11.8 Å². The highest BCUT2D eigenvalue weighted by molar-refractivity contribution is 8.04. The highest BCUT2D eigenvalue weighted by atomic mass is 32.2. The third-order valence-corrected chi connectivity index (χ3v) is 12.1. The van der Waals surface area contributed by atoms with Crippen LogP contribution in [0.5, 0.6) is 5.75 Å². The van der Waals surface area contributed by atoms with E-state index in [1.807, 2.05) is 12.1 Å². The third kappa shape index (κ3) is 4.35. The molecule has 1 spiro atoms. The van der Waals surface area contributed by atoms with E-state index in [1.54, 1.807) is 12.1 Å². The minimum absolute atomic E-state index is 0.110. The lowest BCUT2D eigenvalue weighted by Gasteiger charge is -2.57. The van der Waals surface area contributed by atoms with Crippen LogP contribution in [0.2, 0.25) is 0 Å². The minimum atomic E-state index is -1.00. The Morgan fingerprint density at radius 1 is 1.15 bits per heavy atom. The van der Waals surface area contributed by atoms with E-state index in [0.29, 0.717) is 38.1 Å². The molecule has 9 heteroatoms. The molecule has 8 atom stereocenters. The van der Waals surface area contributed by atoms with Crippen LogP contribution in [0.4, 0.5) is 0 Å². The van der Waals surface area contributed by atoms with Gasteiger partial charge in [0.05, 0.1) is 16.8 Å². The molecule has 1 amide bonds. The molecule has 3 saturated carbocycles. The molecule has 1 aliphatic heterocycles. The second-order valence-electron chi connectivity index (χ2n) is 12.6. The number of hydrogen-bond donors (Lipinski definition) is 4. The first kappa shape index (κ1) is 27.9. The van der Waals surface area contributed by atoms with Crippen molar-refractivity contribution in [1.82, 2.24) is 5.32 Å². The number of amides is 1. The van der Waals surface area contributed by atoms with Gasteiger partial charge in [0.15, 0.2) is 17.9 Å². The second-order valence-corrected chi connectivity index (χ2v) is 13.6. The number of aliphatic hydroxyl groups is 2. The van der Waals surface area contributed by atoms with Gasteiger partial charge >= 0.3 is 0 Å². The van der Waals surface area contributed by atoms with Gasteiger partial charge in [-0.2, -0.15) is 0 Å². The Morgan fingerprint density at radius 3 is 2.67 bits per heavy atom. The topological polar surface area (TPSA) is 133 Å². The zero-order valence-electron chi connectivity index (χ0n) is 22.9. The molecule has 2 bridgehead atoms. The van der Waals surface area contributed by atoms with Crippen LogP contribution in [0.1, 0.15) is 57.4 Å². The summed E-state index contributed by atoms with van der Waals surface area (Å²) < 4.78 is 6.28. The van der Waals surface area contributed by atoms with E-state index in [-0.39, 0.29) is 58.2 Å². The zero-order valence-corrected chi connectivity index (χ0v) is 23.8. The highest BCUT2D eigenvalue weighted by Crippen LogP contribution is 2.71. The van der Waals surface area contributed by atoms with Crippen LogP contribution >= 0.6 is 11.8 Å². The van der Waals surface area contributed by atoms with Gasteiger partial charge in [-0.3, -0.25) is 14.4 Å². The number of benzene rings is 1. The number of ether oxygens (including phenoxy) is 1. The fraction of sp³-hybridized carbons (Fsp3) is 0.645.